The summed E-state index contributed by atoms with van der Waals surface area (Å²) < 4.78 is 0. The summed E-state index contributed by atoms with van der Waals surface area (Å²) in [4.78, 5) is 36.7. The van der Waals surface area contributed by atoms with Crippen molar-refractivity contribution in [1.29, 1.82) is 0 Å². The molecule has 0 radical (unpaired) electrons. The first-order chi connectivity index (χ1) is 12.9. The second-order valence-corrected chi connectivity index (χ2v) is 6.72. The van der Waals surface area contributed by atoms with E-state index in [1.807, 2.05) is 67.6 Å². The number of hydrogen-bond acceptors (Lipinski definition) is 3. The van der Waals surface area contributed by atoms with Crippen molar-refractivity contribution in [2.24, 2.45) is 5.73 Å². The van der Waals surface area contributed by atoms with Gasteiger partial charge in [-0.15, -0.1) is 0 Å². The maximum Gasteiger partial charge on any atom is 0.240 e. The monoisotopic (exact) mass is 366 g/mol. The first-order valence-electron chi connectivity index (χ1n) is 9.12. The standard InChI is InChI=1S/C22H26N2O3/c1-3-18(25)14-15-19(20(23)26)24-21(27)22(2,16-10-6-4-7-11-16)17-12-8-5-9-13-17/h4-13,19H,3,14-15H2,1-2H3,(H2,23,26)(H,24,27)/t19-/m0/s1. The Kier molecular flexibility index (Phi) is 6.88. The van der Waals surface area contributed by atoms with Crippen LogP contribution in [0.3, 0.4) is 0 Å². The number of nitrogens with one attached hydrogen (secondary N) is 1. The largest absolute Gasteiger partial charge is 0.368 e. The molecule has 0 aliphatic heterocycles. The van der Waals surface area contributed by atoms with Crippen molar-refractivity contribution in [3.63, 3.8) is 0 Å². The van der Waals surface area contributed by atoms with Crippen LogP contribution >= 0.6 is 0 Å². The summed E-state index contributed by atoms with van der Waals surface area (Å²) >= 11 is 0. The molecular weight excluding hydrogens is 340 g/mol. The summed E-state index contributed by atoms with van der Waals surface area (Å²) in [6, 6.07) is 17.9. The zero-order valence-corrected chi connectivity index (χ0v) is 15.8. The number of rotatable bonds is 9. The molecule has 0 aliphatic carbocycles. The predicted octanol–water partition coefficient (Wildman–Crippen LogP) is 2.72. The van der Waals surface area contributed by atoms with Gasteiger partial charge >= 0.3 is 0 Å². The van der Waals surface area contributed by atoms with E-state index in [0.717, 1.165) is 11.1 Å². The van der Waals surface area contributed by atoms with Crippen molar-refractivity contribution in [3.8, 4) is 0 Å². The number of ketones is 1. The minimum absolute atomic E-state index is 0.0318. The second-order valence-electron chi connectivity index (χ2n) is 6.72. The lowest BCUT2D eigenvalue weighted by Crippen LogP contribution is -2.51. The topological polar surface area (TPSA) is 89.3 Å². The fourth-order valence-electron chi connectivity index (χ4n) is 3.04. The Morgan fingerprint density at radius 1 is 0.963 bits per heavy atom. The Morgan fingerprint density at radius 3 is 1.85 bits per heavy atom. The van der Waals surface area contributed by atoms with Gasteiger partial charge in [0.25, 0.3) is 0 Å². The number of benzene rings is 2. The van der Waals surface area contributed by atoms with Crippen molar-refractivity contribution in [3.05, 3.63) is 71.8 Å². The first kappa shape index (κ1) is 20.4. The highest BCUT2D eigenvalue weighted by molar-refractivity contribution is 5.95. The van der Waals surface area contributed by atoms with Crippen LogP contribution in [0.2, 0.25) is 0 Å². The fourth-order valence-corrected chi connectivity index (χ4v) is 3.04. The Morgan fingerprint density at radius 2 is 1.44 bits per heavy atom. The van der Waals surface area contributed by atoms with Crippen molar-refractivity contribution in [1.82, 2.24) is 5.32 Å². The smallest absolute Gasteiger partial charge is 0.240 e. The normalized spacial score (nSPS) is 12.2. The number of Topliss-reactive ketones (excluding diaryl/α,β-unsaturated/α-hetero) is 1. The molecular formula is C22H26N2O3. The van der Waals surface area contributed by atoms with E-state index < -0.39 is 17.4 Å². The summed E-state index contributed by atoms with van der Waals surface area (Å²) in [5.74, 6) is -0.937. The first-order valence-corrected chi connectivity index (χ1v) is 9.12. The maximum absolute atomic E-state index is 13.3. The number of primary amides is 1. The fraction of sp³-hybridized carbons (Fsp3) is 0.318. The summed E-state index contributed by atoms with van der Waals surface area (Å²) in [6.07, 6.45) is 0.802. The van der Waals surface area contributed by atoms with E-state index in [1.54, 1.807) is 6.92 Å². The second kappa shape index (κ2) is 9.12. The minimum atomic E-state index is -0.995. The number of nitrogens with two attached hydrogens (primary N) is 1. The van der Waals surface area contributed by atoms with Crippen LogP contribution in [-0.4, -0.2) is 23.6 Å². The van der Waals surface area contributed by atoms with E-state index in [-0.39, 0.29) is 24.5 Å². The Labute approximate surface area is 160 Å². The average Bonchev–Trinajstić information content (AvgIpc) is 2.70. The van der Waals surface area contributed by atoms with Gasteiger partial charge in [0.1, 0.15) is 11.8 Å². The third kappa shape index (κ3) is 4.82. The zero-order valence-electron chi connectivity index (χ0n) is 15.8. The molecule has 2 aromatic rings. The van der Waals surface area contributed by atoms with Gasteiger partial charge in [-0.25, -0.2) is 0 Å². The van der Waals surface area contributed by atoms with Crippen LogP contribution in [0.1, 0.15) is 44.2 Å². The molecule has 2 rings (SSSR count). The molecule has 0 saturated carbocycles. The minimum Gasteiger partial charge on any atom is -0.368 e. The highest BCUT2D eigenvalue weighted by Crippen LogP contribution is 2.32. The molecule has 27 heavy (non-hydrogen) atoms. The van der Waals surface area contributed by atoms with Crippen LogP contribution in [-0.2, 0) is 19.8 Å². The van der Waals surface area contributed by atoms with Crippen molar-refractivity contribution >= 4 is 17.6 Å². The lowest BCUT2D eigenvalue weighted by molar-refractivity contribution is -0.130. The van der Waals surface area contributed by atoms with Crippen LogP contribution in [0.15, 0.2) is 60.7 Å². The predicted molar refractivity (Wildman–Crippen MR) is 105 cm³/mol. The van der Waals surface area contributed by atoms with Gasteiger partial charge < -0.3 is 11.1 Å². The highest BCUT2D eigenvalue weighted by Gasteiger charge is 2.38. The van der Waals surface area contributed by atoms with Crippen LogP contribution in [0.5, 0.6) is 0 Å². The van der Waals surface area contributed by atoms with E-state index in [9.17, 15) is 14.4 Å². The zero-order chi connectivity index (χ0) is 19.9. The van der Waals surface area contributed by atoms with Gasteiger partial charge in [0.15, 0.2) is 0 Å². The van der Waals surface area contributed by atoms with Gasteiger partial charge in [0.2, 0.25) is 11.8 Å². The van der Waals surface area contributed by atoms with Gasteiger partial charge in [0.05, 0.1) is 5.41 Å². The summed E-state index contributed by atoms with van der Waals surface area (Å²) in [6.45, 7) is 3.59. The molecule has 0 unspecified atom stereocenters. The summed E-state index contributed by atoms with van der Waals surface area (Å²) in [5.41, 5.74) is 6.09. The summed E-state index contributed by atoms with van der Waals surface area (Å²) in [5, 5.41) is 2.77. The molecule has 1 atom stereocenters. The third-order valence-corrected chi connectivity index (χ3v) is 4.91. The van der Waals surface area contributed by atoms with Gasteiger partial charge in [0, 0.05) is 12.8 Å². The Bertz CT molecular complexity index is 748. The van der Waals surface area contributed by atoms with E-state index in [1.165, 1.54) is 0 Å². The van der Waals surface area contributed by atoms with Crippen LogP contribution < -0.4 is 11.1 Å². The average molecular weight is 366 g/mol. The van der Waals surface area contributed by atoms with Gasteiger partial charge in [-0.2, -0.15) is 0 Å². The molecule has 0 aromatic heterocycles. The van der Waals surface area contributed by atoms with Crippen molar-refractivity contribution in [2.75, 3.05) is 0 Å². The lowest BCUT2D eigenvalue weighted by atomic mass is 9.75. The van der Waals surface area contributed by atoms with Crippen LogP contribution in [0.25, 0.3) is 0 Å². The molecule has 2 amide bonds. The molecule has 0 heterocycles. The number of carbonyl (C=O) groups is 3. The van der Waals surface area contributed by atoms with Gasteiger partial charge in [-0.3, -0.25) is 14.4 Å². The third-order valence-electron chi connectivity index (χ3n) is 4.91. The van der Waals surface area contributed by atoms with Crippen LogP contribution in [0, 0.1) is 0 Å². The lowest BCUT2D eigenvalue weighted by Gasteiger charge is -2.31. The number of carbonyl (C=O) groups excluding carboxylic acids is 3. The molecule has 2 aromatic carbocycles. The van der Waals surface area contributed by atoms with Crippen molar-refractivity contribution in [2.45, 2.75) is 44.6 Å². The van der Waals surface area contributed by atoms with Gasteiger partial charge in [-0.1, -0.05) is 67.6 Å². The Hall–Kier alpha value is -2.95. The molecule has 0 bridgehead atoms. The van der Waals surface area contributed by atoms with Gasteiger partial charge in [-0.05, 0) is 24.5 Å². The molecule has 0 spiro atoms. The van der Waals surface area contributed by atoms with E-state index in [4.69, 9.17) is 5.73 Å². The molecule has 0 fully saturated rings. The van der Waals surface area contributed by atoms with E-state index in [2.05, 4.69) is 5.32 Å². The molecule has 5 heteroatoms. The molecule has 0 saturated heterocycles. The van der Waals surface area contributed by atoms with E-state index in [0.29, 0.717) is 6.42 Å². The quantitative estimate of drug-likeness (QED) is 0.715. The van der Waals surface area contributed by atoms with Crippen molar-refractivity contribution < 1.29 is 14.4 Å². The molecule has 0 aliphatic rings. The Balaban J connectivity index is 2.34. The number of hydrogen-bond donors (Lipinski definition) is 2. The summed E-state index contributed by atoms with van der Waals surface area (Å²) in [7, 11) is 0. The molecule has 5 nitrogen and oxygen atoms in total. The van der Waals surface area contributed by atoms with Crippen LogP contribution in [0.4, 0.5) is 0 Å². The molecule has 142 valence electrons. The highest BCUT2D eigenvalue weighted by atomic mass is 16.2. The maximum atomic E-state index is 13.3. The van der Waals surface area contributed by atoms with E-state index >= 15 is 0 Å². The number of amides is 2. The molecule has 3 N–H and O–H groups in total. The SMILES string of the molecule is CCC(=O)CC[C@H](NC(=O)C(C)(c1ccccc1)c1ccccc1)C(N)=O.